The second-order valence-electron chi connectivity index (χ2n) is 5.53. The summed E-state index contributed by atoms with van der Waals surface area (Å²) < 4.78 is 0. The smallest absolute Gasteiger partial charge is 0.0426 e. The number of benzene rings is 1. The Morgan fingerprint density at radius 3 is 2.90 bits per heavy atom. The van der Waals surface area contributed by atoms with Crippen molar-refractivity contribution in [2.24, 2.45) is 11.7 Å². The minimum Gasteiger partial charge on any atom is -0.370 e. The summed E-state index contributed by atoms with van der Waals surface area (Å²) in [7, 11) is 0. The first-order chi connectivity index (χ1) is 9.70. The van der Waals surface area contributed by atoms with E-state index in [1.807, 2.05) is 29.5 Å². The highest BCUT2D eigenvalue weighted by Gasteiger charge is 2.25. The molecule has 2 unspecified atom stereocenters. The quantitative estimate of drug-likeness (QED) is 0.934. The largest absolute Gasteiger partial charge is 0.370 e. The Bertz CT molecular complexity index is 555. The van der Waals surface area contributed by atoms with Crippen molar-refractivity contribution in [1.82, 2.24) is 0 Å². The second-order valence-corrected chi connectivity index (χ2v) is 7.00. The molecule has 2 N–H and O–H groups in total. The highest BCUT2D eigenvalue weighted by molar-refractivity contribution is 7.09. The summed E-state index contributed by atoms with van der Waals surface area (Å²) in [6.45, 7) is 1.98. The van der Waals surface area contributed by atoms with Gasteiger partial charge in [-0.2, -0.15) is 0 Å². The average Bonchev–Trinajstić information content (AvgIpc) is 2.91. The Morgan fingerprint density at radius 2 is 2.15 bits per heavy atom. The van der Waals surface area contributed by atoms with E-state index in [1.54, 1.807) is 0 Å². The van der Waals surface area contributed by atoms with Crippen LogP contribution in [0.1, 0.15) is 11.3 Å². The number of nitrogens with zero attached hydrogens (tertiary/aromatic N) is 1. The molecule has 1 aliphatic heterocycles. The lowest BCUT2D eigenvalue weighted by Gasteiger charge is -2.38. The summed E-state index contributed by atoms with van der Waals surface area (Å²) in [5.74, 6) is 0.622. The molecule has 0 aliphatic carbocycles. The van der Waals surface area contributed by atoms with Gasteiger partial charge in [0.05, 0.1) is 0 Å². The van der Waals surface area contributed by atoms with Crippen LogP contribution in [0.5, 0.6) is 0 Å². The molecule has 0 saturated carbocycles. The molecule has 2 aromatic rings. The van der Waals surface area contributed by atoms with Crippen molar-refractivity contribution >= 4 is 28.6 Å². The fourth-order valence-corrected chi connectivity index (χ4v) is 4.00. The number of thiophene rings is 1. The van der Waals surface area contributed by atoms with E-state index >= 15 is 0 Å². The fraction of sp³-hybridized carbons (Fsp3) is 0.375. The molecule has 1 aromatic heterocycles. The van der Waals surface area contributed by atoms with E-state index in [0.717, 1.165) is 31.0 Å². The van der Waals surface area contributed by atoms with Crippen LogP contribution in [-0.2, 0) is 6.42 Å². The molecule has 2 atom stereocenters. The van der Waals surface area contributed by atoms with E-state index < -0.39 is 0 Å². The Morgan fingerprint density at radius 1 is 1.25 bits per heavy atom. The van der Waals surface area contributed by atoms with Crippen LogP contribution in [-0.4, -0.2) is 19.1 Å². The average molecular weight is 307 g/mol. The van der Waals surface area contributed by atoms with Crippen molar-refractivity contribution in [3.63, 3.8) is 0 Å². The Kier molecular flexibility index (Phi) is 4.29. The Balaban J connectivity index is 1.72. The number of hydrogen-bond acceptors (Lipinski definition) is 3. The molecule has 0 spiro atoms. The van der Waals surface area contributed by atoms with Gasteiger partial charge in [-0.3, -0.25) is 0 Å². The molecule has 0 radical (unpaired) electrons. The van der Waals surface area contributed by atoms with E-state index in [4.69, 9.17) is 17.3 Å². The van der Waals surface area contributed by atoms with Gasteiger partial charge in [-0.1, -0.05) is 23.7 Å². The molecule has 4 heteroatoms. The second kappa shape index (κ2) is 6.17. The monoisotopic (exact) mass is 306 g/mol. The number of anilines is 1. The topological polar surface area (TPSA) is 29.3 Å². The first kappa shape index (κ1) is 13.9. The van der Waals surface area contributed by atoms with Crippen molar-refractivity contribution < 1.29 is 0 Å². The van der Waals surface area contributed by atoms with E-state index in [-0.39, 0.29) is 6.04 Å². The van der Waals surface area contributed by atoms with Crippen LogP contribution >= 0.6 is 22.9 Å². The molecule has 106 valence electrons. The van der Waals surface area contributed by atoms with Gasteiger partial charge in [0.15, 0.2) is 0 Å². The number of halogens is 1. The maximum atomic E-state index is 6.25. The van der Waals surface area contributed by atoms with Crippen LogP contribution in [0.2, 0.25) is 5.02 Å². The maximum Gasteiger partial charge on any atom is 0.0426 e. The summed E-state index contributed by atoms with van der Waals surface area (Å²) in [6.07, 6.45) is 2.23. The molecule has 2 nitrogen and oxygen atoms in total. The number of piperidine rings is 1. The number of rotatable bonds is 3. The van der Waals surface area contributed by atoms with Gasteiger partial charge in [-0.15, -0.1) is 11.3 Å². The van der Waals surface area contributed by atoms with Crippen molar-refractivity contribution in [2.75, 3.05) is 18.0 Å². The van der Waals surface area contributed by atoms with Gasteiger partial charge < -0.3 is 10.6 Å². The lowest BCUT2D eigenvalue weighted by Crippen LogP contribution is -2.47. The van der Waals surface area contributed by atoms with Crippen molar-refractivity contribution in [2.45, 2.75) is 18.9 Å². The Hall–Kier alpha value is -1.03. The lowest BCUT2D eigenvalue weighted by molar-refractivity contribution is 0.376. The van der Waals surface area contributed by atoms with Crippen LogP contribution in [0.15, 0.2) is 41.8 Å². The molecule has 1 aliphatic rings. The standard InChI is InChI=1S/C16H19ClN2S/c17-13-3-1-4-15(9-13)19-10-12(7-14(18)11-19)8-16-5-2-6-20-16/h1-6,9,12,14H,7-8,10-11,18H2. The van der Waals surface area contributed by atoms with Gasteiger partial charge in [0.2, 0.25) is 0 Å². The summed E-state index contributed by atoms with van der Waals surface area (Å²) in [6, 6.07) is 12.7. The van der Waals surface area contributed by atoms with Crippen molar-refractivity contribution in [1.29, 1.82) is 0 Å². The minimum absolute atomic E-state index is 0.243. The third-order valence-electron chi connectivity index (χ3n) is 3.81. The van der Waals surface area contributed by atoms with Gasteiger partial charge in [0.1, 0.15) is 0 Å². The molecule has 1 fully saturated rings. The molecule has 20 heavy (non-hydrogen) atoms. The van der Waals surface area contributed by atoms with Gasteiger partial charge in [0.25, 0.3) is 0 Å². The highest BCUT2D eigenvalue weighted by atomic mass is 35.5. The third kappa shape index (κ3) is 3.35. The van der Waals surface area contributed by atoms with Crippen molar-refractivity contribution in [3.8, 4) is 0 Å². The lowest BCUT2D eigenvalue weighted by atomic mass is 9.91. The molecule has 0 bridgehead atoms. The molecular formula is C16H19ClN2S. The maximum absolute atomic E-state index is 6.25. The van der Waals surface area contributed by atoms with Crippen LogP contribution in [0.4, 0.5) is 5.69 Å². The van der Waals surface area contributed by atoms with E-state index in [1.165, 1.54) is 10.6 Å². The zero-order valence-electron chi connectivity index (χ0n) is 11.3. The normalized spacial score (nSPS) is 23.0. The molecular weight excluding hydrogens is 288 g/mol. The first-order valence-electron chi connectivity index (χ1n) is 6.99. The van der Waals surface area contributed by atoms with Crippen LogP contribution in [0, 0.1) is 5.92 Å². The van der Waals surface area contributed by atoms with Gasteiger partial charge >= 0.3 is 0 Å². The summed E-state index contributed by atoms with van der Waals surface area (Å²) in [4.78, 5) is 3.83. The zero-order chi connectivity index (χ0) is 13.9. The van der Waals surface area contributed by atoms with Crippen LogP contribution < -0.4 is 10.6 Å². The summed E-state index contributed by atoms with van der Waals surface area (Å²) >= 11 is 7.93. The summed E-state index contributed by atoms with van der Waals surface area (Å²) in [5, 5.41) is 2.93. The van der Waals surface area contributed by atoms with Gasteiger partial charge in [0, 0.05) is 34.7 Å². The zero-order valence-corrected chi connectivity index (χ0v) is 12.9. The van der Waals surface area contributed by atoms with E-state index in [2.05, 4.69) is 28.5 Å². The third-order valence-corrected chi connectivity index (χ3v) is 4.95. The summed E-state index contributed by atoms with van der Waals surface area (Å²) in [5.41, 5.74) is 7.43. The molecule has 0 amide bonds. The Labute approximate surface area is 129 Å². The predicted molar refractivity (Wildman–Crippen MR) is 87.8 cm³/mol. The molecule has 3 rings (SSSR count). The van der Waals surface area contributed by atoms with Crippen LogP contribution in [0.3, 0.4) is 0 Å². The SMILES string of the molecule is NC1CC(Cc2cccs2)CN(c2cccc(Cl)c2)C1. The minimum atomic E-state index is 0.243. The first-order valence-corrected chi connectivity index (χ1v) is 8.25. The van der Waals surface area contributed by atoms with E-state index in [0.29, 0.717) is 5.92 Å². The van der Waals surface area contributed by atoms with E-state index in [9.17, 15) is 0 Å². The highest BCUT2D eigenvalue weighted by Crippen LogP contribution is 2.27. The molecule has 1 saturated heterocycles. The van der Waals surface area contributed by atoms with Gasteiger partial charge in [-0.05, 0) is 48.4 Å². The number of hydrogen-bond donors (Lipinski definition) is 1. The fourth-order valence-electron chi connectivity index (χ4n) is 2.99. The molecule has 1 aromatic carbocycles. The predicted octanol–water partition coefficient (Wildman–Crippen LogP) is 3.80. The molecule has 2 heterocycles. The number of nitrogens with two attached hydrogens (primary N) is 1. The van der Waals surface area contributed by atoms with Crippen molar-refractivity contribution in [3.05, 3.63) is 51.7 Å². The van der Waals surface area contributed by atoms with Crippen LogP contribution in [0.25, 0.3) is 0 Å². The van der Waals surface area contributed by atoms with Gasteiger partial charge in [-0.25, -0.2) is 0 Å².